The average Bonchev–Trinajstić information content (AvgIpc) is 3.26. The van der Waals surface area contributed by atoms with E-state index in [4.69, 9.17) is 21.1 Å². The van der Waals surface area contributed by atoms with Crippen molar-refractivity contribution in [3.05, 3.63) is 94.6 Å². The Morgan fingerprint density at radius 2 is 1.67 bits per heavy atom. The monoisotopic (exact) mass is 543 g/mol. The molecule has 3 aromatic carbocycles. The Balaban J connectivity index is 1.57. The van der Waals surface area contributed by atoms with Crippen molar-refractivity contribution in [2.24, 2.45) is 0 Å². The van der Waals surface area contributed by atoms with Crippen LogP contribution in [-0.4, -0.2) is 35.6 Å². The molecule has 4 amide bonds. The molecular formula is C30H26ClN3O5. The summed E-state index contributed by atoms with van der Waals surface area (Å²) in [6, 6.07) is 19.3. The lowest BCUT2D eigenvalue weighted by atomic mass is 10.1. The van der Waals surface area contributed by atoms with Crippen LogP contribution in [0.4, 0.5) is 10.5 Å². The number of amides is 4. The van der Waals surface area contributed by atoms with Crippen molar-refractivity contribution in [1.29, 1.82) is 0 Å². The molecule has 39 heavy (non-hydrogen) atoms. The maximum atomic E-state index is 13.7. The fourth-order valence-corrected chi connectivity index (χ4v) is 4.67. The van der Waals surface area contributed by atoms with Crippen molar-refractivity contribution < 1.29 is 23.9 Å². The van der Waals surface area contributed by atoms with Crippen LogP contribution in [0.1, 0.15) is 25.0 Å². The molecule has 1 aromatic heterocycles. The van der Waals surface area contributed by atoms with E-state index in [2.05, 4.69) is 5.32 Å². The number of hydrogen-bond acceptors (Lipinski definition) is 5. The number of para-hydroxylation sites is 1. The second kappa shape index (κ2) is 11.0. The molecule has 5 rings (SSSR count). The lowest BCUT2D eigenvalue weighted by Gasteiger charge is -2.28. The van der Waals surface area contributed by atoms with Crippen molar-refractivity contribution in [3.63, 3.8) is 0 Å². The summed E-state index contributed by atoms with van der Waals surface area (Å²) in [7, 11) is 0. The maximum absolute atomic E-state index is 13.7. The van der Waals surface area contributed by atoms with Gasteiger partial charge in [-0.1, -0.05) is 41.9 Å². The Kier molecular flexibility index (Phi) is 7.38. The van der Waals surface area contributed by atoms with Crippen LogP contribution in [0.2, 0.25) is 5.02 Å². The second-order valence-electron chi connectivity index (χ2n) is 8.81. The van der Waals surface area contributed by atoms with Crippen LogP contribution < -0.4 is 19.7 Å². The molecule has 0 unspecified atom stereocenters. The molecule has 0 saturated carbocycles. The third-order valence-electron chi connectivity index (χ3n) is 6.27. The first kappa shape index (κ1) is 26.1. The van der Waals surface area contributed by atoms with Crippen molar-refractivity contribution in [1.82, 2.24) is 9.88 Å². The second-order valence-corrected chi connectivity index (χ2v) is 9.25. The SMILES string of the molecule is CCOc1ccc(OCC)c(N2C(=O)NC(=O)/C(=C\c3cn(Cc4ccc(Cl)cc4)c4ccccc34)C2=O)c1. The summed E-state index contributed by atoms with van der Waals surface area (Å²) in [6.45, 7) is 4.91. The van der Waals surface area contributed by atoms with Crippen molar-refractivity contribution in [3.8, 4) is 11.5 Å². The number of benzene rings is 3. The van der Waals surface area contributed by atoms with Gasteiger partial charge in [0.2, 0.25) is 0 Å². The molecule has 2 heterocycles. The van der Waals surface area contributed by atoms with E-state index in [0.717, 1.165) is 21.4 Å². The fourth-order valence-electron chi connectivity index (χ4n) is 4.55. The third kappa shape index (κ3) is 5.24. The van der Waals surface area contributed by atoms with Gasteiger partial charge in [0, 0.05) is 40.3 Å². The van der Waals surface area contributed by atoms with Crippen LogP contribution in [0.25, 0.3) is 17.0 Å². The first-order valence-corrected chi connectivity index (χ1v) is 12.9. The minimum absolute atomic E-state index is 0.173. The highest BCUT2D eigenvalue weighted by Crippen LogP contribution is 2.35. The van der Waals surface area contributed by atoms with E-state index < -0.39 is 17.8 Å². The molecule has 0 aliphatic carbocycles. The summed E-state index contributed by atoms with van der Waals surface area (Å²) in [6.07, 6.45) is 3.40. The number of aromatic nitrogens is 1. The molecule has 0 bridgehead atoms. The van der Waals surface area contributed by atoms with Gasteiger partial charge in [-0.05, 0) is 55.8 Å². The van der Waals surface area contributed by atoms with Crippen molar-refractivity contribution >= 4 is 52.1 Å². The molecule has 0 atom stereocenters. The smallest absolute Gasteiger partial charge is 0.336 e. The van der Waals surface area contributed by atoms with Gasteiger partial charge in [-0.3, -0.25) is 14.9 Å². The minimum Gasteiger partial charge on any atom is -0.494 e. The predicted octanol–water partition coefficient (Wildman–Crippen LogP) is 5.81. The van der Waals surface area contributed by atoms with Gasteiger partial charge in [0.15, 0.2) is 0 Å². The van der Waals surface area contributed by atoms with Crippen molar-refractivity contribution in [2.45, 2.75) is 20.4 Å². The number of carbonyl (C=O) groups is 3. The number of ether oxygens (including phenoxy) is 2. The Bertz CT molecular complexity index is 1610. The van der Waals surface area contributed by atoms with E-state index in [1.54, 1.807) is 25.1 Å². The molecule has 4 aromatic rings. The zero-order chi connectivity index (χ0) is 27.5. The molecule has 9 heteroatoms. The number of hydrogen-bond donors (Lipinski definition) is 1. The Morgan fingerprint density at radius 1 is 0.923 bits per heavy atom. The Hall–Kier alpha value is -4.56. The molecule has 1 aliphatic heterocycles. The summed E-state index contributed by atoms with van der Waals surface area (Å²) in [5.74, 6) is -0.746. The van der Waals surface area contributed by atoms with E-state index >= 15 is 0 Å². The molecule has 1 N–H and O–H groups in total. The number of barbiturate groups is 1. The lowest BCUT2D eigenvalue weighted by molar-refractivity contribution is -0.122. The molecule has 1 fully saturated rings. The summed E-state index contributed by atoms with van der Waals surface area (Å²) in [5, 5.41) is 3.80. The van der Waals surface area contributed by atoms with Gasteiger partial charge in [-0.15, -0.1) is 0 Å². The molecule has 1 aliphatic rings. The summed E-state index contributed by atoms with van der Waals surface area (Å²) >= 11 is 6.04. The van der Waals surface area contributed by atoms with E-state index in [1.165, 1.54) is 6.08 Å². The lowest BCUT2D eigenvalue weighted by Crippen LogP contribution is -2.54. The van der Waals surface area contributed by atoms with Gasteiger partial charge >= 0.3 is 6.03 Å². The van der Waals surface area contributed by atoms with Crippen LogP contribution in [0.3, 0.4) is 0 Å². The third-order valence-corrected chi connectivity index (χ3v) is 6.52. The van der Waals surface area contributed by atoms with Gasteiger partial charge in [-0.2, -0.15) is 0 Å². The molecular weight excluding hydrogens is 518 g/mol. The zero-order valence-corrected chi connectivity index (χ0v) is 22.2. The standard InChI is InChI=1S/C30H26ClN3O5/c1-3-38-22-13-14-27(39-4-2)26(16-22)34-29(36)24(28(35)32-30(34)37)15-20-18-33(25-8-6-5-7-23(20)25)17-19-9-11-21(31)12-10-19/h5-16,18H,3-4,17H2,1-2H3,(H,32,35,37)/b24-15+. The van der Waals surface area contributed by atoms with Crippen LogP contribution in [0.5, 0.6) is 11.5 Å². The van der Waals surface area contributed by atoms with E-state index in [1.807, 2.05) is 66.2 Å². The molecule has 0 radical (unpaired) electrons. The molecule has 0 spiro atoms. The van der Waals surface area contributed by atoms with Crippen LogP contribution >= 0.6 is 11.6 Å². The number of fused-ring (bicyclic) bond motifs is 1. The quantitative estimate of drug-likeness (QED) is 0.224. The zero-order valence-electron chi connectivity index (χ0n) is 21.4. The number of rotatable bonds is 8. The van der Waals surface area contributed by atoms with E-state index in [-0.39, 0.29) is 11.3 Å². The normalized spacial score (nSPS) is 14.7. The fraction of sp³-hybridized carbons (Fsp3) is 0.167. The number of urea groups is 1. The predicted molar refractivity (Wildman–Crippen MR) is 150 cm³/mol. The maximum Gasteiger partial charge on any atom is 0.336 e. The van der Waals surface area contributed by atoms with E-state index in [9.17, 15) is 14.4 Å². The minimum atomic E-state index is -0.859. The number of nitrogens with one attached hydrogen (secondary N) is 1. The highest BCUT2D eigenvalue weighted by Gasteiger charge is 2.38. The average molecular weight is 544 g/mol. The molecule has 1 saturated heterocycles. The van der Waals surface area contributed by atoms with Gasteiger partial charge in [0.1, 0.15) is 17.1 Å². The highest BCUT2D eigenvalue weighted by atomic mass is 35.5. The largest absolute Gasteiger partial charge is 0.494 e. The molecule has 8 nitrogen and oxygen atoms in total. The summed E-state index contributed by atoms with van der Waals surface area (Å²) in [5.41, 5.74) is 2.65. The number of halogens is 1. The Morgan fingerprint density at radius 3 is 2.41 bits per heavy atom. The molecule has 198 valence electrons. The van der Waals surface area contributed by atoms with Gasteiger partial charge in [-0.25, -0.2) is 9.69 Å². The number of imide groups is 2. The summed E-state index contributed by atoms with van der Waals surface area (Å²) in [4.78, 5) is 40.5. The van der Waals surface area contributed by atoms with Crippen LogP contribution in [-0.2, 0) is 16.1 Å². The Labute approximate surface area is 230 Å². The van der Waals surface area contributed by atoms with E-state index in [0.29, 0.717) is 41.8 Å². The van der Waals surface area contributed by atoms with Crippen LogP contribution in [0.15, 0.2) is 78.5 Å². The van der Waals surface area contributed by atoms with Gasteiger partial charge in [0.25, 0.3) is 11.8 Å². The van der Waals surface area contributed by atoms with Gasteiger partial charge < -0.3 is 14.0 Å². The first-order valence-electron chi connectivity index (χ1n) is 12.5. The highest BCUT2D eigenvalue weighted by molar-refractivity contribution is 6.39. The van der Waals surface area contributed by atoms with Crippen molar-refractivity contribution in [2.75, 3.05) is 18.1 Å². The number of anilines is 1. The number of carbonyl (C=O) groups excluding carboxylic acids is 3. The van der Waals surface area contributed by atoms with Gasteiger partial charge in [0.05, 0.1) is 18.9 Å². The topological polar surface area (TPSA) is 89.9 Å². The van der Waals surface area contributed by atoms with Crippen LogP contribution in [0, 0.1) is 0 Å². The summed E-state index contributed by atoms with van der Waals surface area (Å²) < 4.78 is 13.3. The number of nitrogens with zero attached hydrogens (tertiary/aromatic N) is 2. The first-order chi connectivity index (χ1) is 18.9.